The first kappa shape index (κ1) is 12.1. The van der Waals surface area contributed by atoms with Crippen LogP contribution in [0.5, 0.6) is 0 Å². The topological polar surface area (TPSA) is 32.8 Å². The monoisotopic (exact) mass is 266 g/mol. The van der Waals surface area contributed by atoms with E-state index in [1.54, 1.807) is 11.3 Å². The molecule has 0 aromatic carbocycles. The Morgan fingerprint density at radius 2 is 2.17 bits per heavy atom. The van der Waals surface area contributed by atoms with Gasteiger partial charge in [0.15, 0.2) is 0 Å². The highest BCUT2D eigenvalue weighted by Crippen LogP contribution is 2.16. The van der Waals surface area contributed by atoms with Crippen molar-refractivity contribution in [1.82, 2.24) is 9.80 Å². The number of piperazine rings is 1. The first-order valence-corrected chi connectivity index (χ1v) is 7.42. The molecule has 1 aromatic rings. The van der Waals surface area contributed by atoms with Crippen molar-refractivity contribution < 1.29 is 9.53 Å². The third kappa shape index (κ3) is 2.43. The van der Waals surface area contributed by atoms with Crippen LogP contribution in [0.1, 0.15) is 16.8 Å². The Morgan fingerprint density at radius 1 is 1.33 bits per heavy atom. The van der Waals surface area contributed by atoms with Crippen LogP contribution in [0, 0.1) is 0 Å². The lowest BCUT2D eigenvalue weighted by Crippen LogP contribution is -2.52. The van der Waals surface area contributed by atoms with Gasteiger partial charge in [-0.15, -0.1) is 0 Å². The Kier molecular flexibility index (Phi) is 3.63. The molecule has 0 saturated carbocycles. The summed E-state index contributed by atoms with van der Waals surface area (Å²) in [5, 5.41) is 3.89. The number of ether oxygens (including phenoxy) is 1. The zero-order valence-corrected chi connectivity index (χ0v) is 11.2. The van der Waals surface area contributed by atoms with Crippen LogP contribution < -0.4 is 0 Å². The highest BCUT2D eigenvalue weighted by molar-refractivity contribution is 7.08. The minimum absolute atomic E-state index is 0.179. The van der Waals surface area contributed by atoms with E-state index in [9.17, 15) is 4.79 Å². The van der Waals surface area contributed by atoms with Crippen LogP contribution in [0.3, 0.4) is 0 Å². The summed E-state index contributed by atoms with van der Waals surface area (Å²) in [6, 6.07) is 2.48. The number of nitrogens with zero attached hydrogens (tertiary/aromatic N) is 2. The van der Waals surface area contributed by atoms with E-state index in [0.29, 0.717) is 6.04 Å². The highest BCUT2D eigenvalue weighted by Gasteiger charge is 2.28. The average Bonchev–Trinajstić information content (AvgIpc) is 3.11. The van der Waals surface area contributed by atoms with Crippen molar-refractivity contribution in [2.45, 2.75) is 12.5 Å². The number of hydrogen-bond acceptors (Lipinski definition) is 4. The van der Waals surface area contributed by atoms with Gasteiger partial charge < -0.3 is 9.64 Å². The zero-order chi connectivity index (χ0) is 12.4. The van der Waals surface area contributed by atoms with E-state index in [2.05, 4.69) is 4.90 Å². The zero-order valence-electron chi connectivity index (χ0n) is 10.4. The number of thiophene rings is 1. The van der Waals surface area contributed by atoms with Crippen molar-refractivity contribution in [2.24, 2.45) is 0 Å². The third-order valence-corrected chi connectivity index (χ3v) is 4.47. The summed E-state index contributed by atoms with van der Waals surface area (Å²) in [5.74, 6) is 0.179. The summed E-state index contributed by atoms with van der Waals surface area (Å²) >= 11 is 1.58. The second-order valence-electron chi connectivity index (χ2n) is 4.86. The van der Waals surface area contributed by atoms with Gasteiger partial charge in [0.2, 0.25) is 0 Å². The maximum atomic E-state index is 12.2. The predicted molar refractivity (Wildman–Crippen MR) is 71.0 cm³/mol. The van der Waals surface area contributed by atoms with E-state index < -0.39 is 0 Å². The van der Waals surface area contributed by atoms with Crippen LogP contribution in [0.2, 0.25) is 0 Å². The summed E-state index contributed by atoms with van der Waals surface area (Å²) in [6.07, 6.45) is 1.14. The summed E-state index contributed by atoms with van der Waals surface area (Å²) in [6.45, 7) is 5.38. The largest absolute Gasteiger partial charge is 0.380 e. The smallest absolute Gasteiger partial charge is 0.254 e. The summed E-state index contributed by atoms with van der Waals surface area (Å²) in [4.78, 5) is 16.6. The minimum Gasteiger partial charge on any atom is -0.380 e. The molecular formula is C13H18N2O2S. The predicted octanol–water partition coefficient (Wildman–Crippen LogP) is 1.29. The Labute approximate surface area is 111 Å². The van der Waals surface area contributed by atoms with Crippen LogP contribution in [-0.2, 0) is 4.74 Å². The van der Waals surface area contributed by atoms with Crippen molar-refractivity contribution in [3.63, 3.8) is 0 Å². The van der Waals surface area contributed by atoms with Gasteiger partial charge in [0.05, 0.1) is 12.2 Å². The minimum atomic E-state index is 0.179. The SMILES string of the molecule is O=C(c1ccsc1)N1CCN(C2CCOC2)CC1. The molecule has 98 valence electrons. The van der Waals surface area contributed by atoms with Crippen LogP contribution in [-0.4, -0.2) is 61.1 Å². The summed E-state index contributed by atoms with van der Waals surface area (Å²) < 4.78 is 5.42. The molecule has 3 rings (SSSR count). The maximum absolute atomic E-state index is 12.2. The molecule has 0 spiro atoms. The number of carbonyl (C=O) groups is 1. The Balaban J connectivity index is 1.55. The van der Waals surface area contributed by atoms with Gasteiger partial charge in [-0.05, 0) is 17.9 Å². The standard InChI is InChI=1S/C13H18N2O2S/c16-13(11-2-8-18-10-11)15-5-3-14(4-6-15)12-1-7-17-9-12/h2,8,10,12H,1,3-7,9H2. The Bertz CT molecular complexity index is 393. The van der Waals surface area contributed by atoms with Gasteiger partial charge in [0.1, 0.15) is 0 Å². The maximum Gasteiger partial charge on any atom is 0.254 e. The molecule has 4 nitrogen and oxygen atoms in total. The molecule has 2 aliphatic rings. The van der Waals surface area contributed by atoms with Crippen LogP contribution in [0.4, 0.5) is 0 Å². The molecule has 1 amide bonds. The second-order valence-corrected chi connectivity index (χ2v) is 5.64. The summed E-state index contributed by atoms with van der Waals surface area (Å²) in [7, 11) is 0. The van der Waals surface area contributed by atoms with E-state index in [-0.39, 0.29) is 5.91 Å². The molecule has 2 fully saturated rings. The molecule has 2 aliphatic heterocycles. The van der Waals surface area contributed by atoms with Gasteiger partial charge in [-0.3, -0.25) is 9.69 Å². The Hall–Kier alpha value is -0.910. The van der Waals surface area contributed by atoms with Gasteiger partial charge in [0.25, 0.3) is 5.91 Å². The fourth-order valence-electron chi connectivity index (χ4n) is 2.67. The highest BCUT2D eigenvalue weighted by atomic mass is 32.1. The molecule has 1 aromatic heterocycles. The first-order valence-electron chi connectivity index (χ1n) is 6.48. The van der Waals surface area contributed by atoms with Gasteiger partial charge in [-0.25, -0.2) is 0 Å². The second kappa shape index (κ2) is 5.38. The van der Waals surface area contributed by atoms with E-state index >= 15 is 0 Å². The molecule has 0 aliphatic carbocycles. The van der Waals surface area contributed by atoms with Gasteiger partial charge >= 0.3 is 0 Å². The van der Waals surface area contributed by atoms with Crippen LogP contribution in [0.15, 0.2) is 16.8 Å². The first-order chi connectivity index (χ1) is 8.84. The molecule has 0 N–H and O–H groups in total. The number of carbonyl (C=O) groups excluding carboxylic acids is 1. The van der Waals surface area contributed by atoms with Gasteiger partial charge in [0, 0.05) is 44.2 Å². The summed E-state index contributed by atoms with van der Waals surface area (Å²) in [5.41, 5.74) is 0.831. The van der Waals surface area contributed by atoms with Gasteiger partial charge in [-0.1, -0.05) is 0 Å². The van der Waals surface area contributed by atoms with Crippen molar-refractivity contribution in [3.8, 4) is 0 Å². The lowest BCUT2D eigenvalue weighted by Gasteiger charge is -2.37. The van der Waals surface area contributed by atoms with E-state index in [1.807, 2.05) is 21.7 Å². The average molecular weight is 266 g/mol. The molecule has 0 radical (unpaired) electrons. The van der Waals surface area contributed by atoms with Crippen LogP contribution in [0.25, 0.3) is 0 Å². The van der Waals surface area contributed by atoms with Crippen molar-refractivity contribution >= 4 is 17.2 Å². The number of rotatable bonds is 2. The fraction of sp³-hybridized carbons (Fsp3) is 0.615. The van der Waals surface area contributed by atoms with Crippen molar-refractivity contribution in [2.75, 3.05) is 39.4 Å². The van der Waals surface area contributed by atoms with Crippen molar-refractivity contribution in [1.29, 1.82) is 0 Å². The number of hydrogen-bond donors (Lipinski definition) is 0. The quantitative estimate of drug-likeness (QED) is 0.809. The van der Waals surface area contributed by atoms with Gasteiger partial charge in [-0.2, -0.15) is 11.3 Å². The molecule has 1 atom stereocenters. The third-order valence-electron chi connectivity index (χ3n) is 3.79. The van der Waals surface area contributed by atoms with Crippen LogP contribution >= 0.6 is 11.3 Å². The lowest BCUT2D eigenvalue weighted by atomic mass is 10.2. The normalized spacial score (nSPS) is 25.6. The molecule has 2 saturated heterocycles. The van der Waals surface area contributed by atoms with E-state index in [0.717, 1.165) is 51.4 Å². The Morgan fingerprint density at radius 3 is 2.78 bits per heavy atom. The van der Waals surface area contributed by atoms with E-state index in [1.165, 1.54) is 0 Å². The molecule has 3 heterocycles. The molecular weight excluding hydrogens is 248 g/mol. The molecule has 18 heavy (non-hydrogen) atoms. The molecule has 0 bridgehead atoms. The molecule has 5 heteroatoms. The lowest BCUT2D eigenvalue weighted by molar-refractivity contribution is 0.0550. The molecule has 1 unspecified atom stereocenters. The fourth-order valence-corrected chi connectivity index (χ4v) is 3.30. The van der Waals surface area contributed by atoms with E-state index in [4.69, 9.17) is 4.74 Å². The number of amides is 1. The van der Waals surface area contributed by atoms with Crippen molar-refractivity contribution in [3.05, 3.63) is 22.4 Å².